The number of benzene rings is 2. The van der Waals surface area contributed by atoms with Gasteiger partial charge in [-0.1, -0.05) is 36.0 Å². The van der Waals surface area contributed by atoms with Gasteiger partial charge in [-0.3, -0.25) is 9.69 Å². The van der Waals surface area contributed by atoms with Crippen molar-refractivity contribution in [1.82, 2.24) is 4.98 Å². The Balaban J connectivity index is 1.60. The van der Waals surface area contributed by atoms with E-state index in [1.165, 1.54) is 6.26 Å². The number of fused-ring (bicyclic) bond motifs is 3. The number of amides is 1. The SMILES string of the molecule is N#Cc1c(N)nc2sc(C(=O)N3c4ccccc4Sc4ccccc43)c(N)c2c1-c1ccco1. The van der Waals surface area contributed by atoms with Gasteiger partial charge in [0.1, 0.15) is 32.9 Å². The third-order valence-corrected chi connectivity index (χ3v) is 7.83. The van der Waals surface area contributed by atoms with E-state index in [0.29, 0.717) is 26.4 Å². The molecule has 0 saturated carbocycles. The van der Waals surface area contributed by atoms with Crippen molar-refractivity contribution in [3.63, 3.8) is 0 Å². The summed E-state index contributed by atoms with van der Waals surface area (Å²) >= 11 is 2.77. The van der Waals surface area contributed by atoms with Gasteiger partial charge in [0.2, 0.25) is 0 Å². The molecule has 6 rings (SSSR count). The average molecular weight is 482 g/mol. The minimum atomic E-state index is -0.275. The van der Waals surface area contributed by atoms with Gasteiger partial charge in [-0.05, 0) is 36.4 Å². The number of nitrogens with two attached hydrogens (primary N) is 2. The lowest BCUT2D eigenvalue weighted by Gasteiger charge is -2.30. The van der Waals surface area contributed by atoms with Crippen LogP contribution >= 0.6 is 23.1 Å². The molecular weight excluding hydrogens is 466 g/mol. The van der Waals surface area contributed by atoms with Gasteiger partial charge in [0.15, 0.2) is 0 Å². The van der Waals surface area contributed by atoms with Crippen LogP contribution in [0, 0.1) is 11.3 Å². The monoisotopic (exact) mass is 481 g/mol. The number of hydrogen-bond acceptors (Lipinski definition) is 8. The van der Waals surface area contributed by atoms with Crippen LogP contribution in [-0.2, 0) is 0 Å². The fourth-order valence-electron chi connectivity index (χ4n) is 4.13. The van der Waals surface area contributed by atoms with Crippen LogP contribution in [0.25, 0.3) is 21.5 Å². The number of para-hydroxylation sites is 2. The second-order valence-corrected chi connectivity index (χ2v) is 9.62. The zero-order valence-corrected chi connectivity index (χ0v) is 19.1. The summed E-state index contributed by atoms with van der Waals surface area (Å²) in [5.74, 6) is 0.221. The molecular formula is C25H15N5O2S2. The molecule has 7 nitrogen and oxygen atoms in total. The Morgan fingerprint density at radius 3 is 2.29 bits per heavy atom. The third kappa shape index (κ3) is 2.90. The molecule has 9 heteroatoms. The van der Waals surface area contributed by atoms with E-state index in [0.717, 1.165) is 32.5 Å². The standard InChI is InChI=1S/C25H15N5O2S2/c26-12-13-19(16-8-5-11-32-16)20-21(27)22(34-24(20)29-23(13)28)25(31)30-14-6-1-3-9-17(14)33-18-10-4-2-7-15(18)30/h1-11H,27H2,(H2,28,29). The Morgan fingerprint density at radius 1 is 1.00 bits per heavy atom. The number of carbonyl (C=O) groups excluding carboxylic acids is 1. The van der Waals surface area contributed by atoms with Crippen molar-refractivity contribution in [2.45, 2.75) is 9.79 Å². The van der Waals surface area contributed by atoms with Crippen molar-refractivity contribution < 1.29 is 9.21 Å². The molecule has 0 bridgehead atoms. The van der Waals surface area contributed by atoms with Gasteiger partial charge in [0, 0.05) is 15.2 Å². The molecule has 4 N–H and O–H groups in total. The van der Waals surface area contributed by atoms with Gasteiger partial charge in [0.05, 0.1) is 28.9 Å². The van der Waals surface area contributed by atoms with Crippen LogP contribution in [0.1, 0.15) is 15.2 Å². The number of pyridine rings is 1. The van der Waals surface area contributed by atoms with Crippen molar-refractivity contribution >= 4 is 62.1 Å². The number of anilines is 4. The maximum Gasteiger partial charge on any atom is 0.275 e. The zero-order chi connectivity index (χ0) is 23.4. The van der Waals surface area contributed by atoms with Crippen molar-refractivity contribution in [2.75, 3.05) is 16.4 Å². The molecule has 0 radical (unpaired) electrons. The van der Waals surface area contributed by atoms with Crippen molar-refractivity contribution in [3.8, 4) is 17.4 Å². The Hall–Kier alpha value is -4.26. The van der Waals surface area contributed by atoms with Crippen LogP contribution in [0.15, 0.2) is 81.1 Å². The zero-order valence-electron chi connectivity index (χ0n) is 17.5. The fourth-order valence-corrected chi connectivity index (χ4v) is 6.23. The fraction of sp³-hybridized carbons (Fsp3) is 0. The molecule has 0 fully saturated rings. The molecule has 34 heavy (non-hydrogen) atoms. The Morgan fingerprint density at radius 2 is 1.68 bits per heavy atom. The number of nitrogen functional groups attached to an aromatic ring is 2. The van der Waals surface area contributed by atoms with E-state index in [9.17, 15) is 10.1 Å². The van der Waals surface area contributed by atoms with Crippen LogP contribution in [0.2, 0.25) is 0 Å². The first-order valence-corrected chi connectivity index (χ1v) is 11.9. The Bertz CT molecular complexity index is 1600. The predicted molar refractivity (Wildman–Crippen MR) is 134 cm³/mol. The first kappa shape index (κ1) is 20.4. The van der Waals surface area contributed by atoms with E-state index >= 15 is 0 Å². The van der Waals surface area contributed by atoms with Gasteiger partial charge < -0.3 is 15.9 Å². The summed E-state index contributed by atoms with van der Waals surface area (Å²) in [4.78, 5) is 22.9. The largest absolute Gasteiger partial charge is 0.464 e. The Kier molecular flexibility index (Phi) is 4.58. The molecule has 164 valence electrons. The molecule has 1 aliphatic heterocycles. The molecule has 4 heterocycles. The van der Waals surface area contributed by atoms with E-state index in [-0.39, 0.29) is 23.0 Å². The van der Waals surface area contributed by atoms with E-state index < -0.39 is 0 Å². The number of carbonyl (C=O) groups is 1. The van der Waals surface area contributed by atoms with Gasteiger partial charge in [-0.15, -0.1) is 11.3 Å². The summed E-state index contributed by atoms with van der Waals surface area (Å²) in [6, 6.07) is 21.0. The van der Waals surface area contributed by atoms with Gasteiger partial charge in [0.25, 0.3) is 5.91 Å². The topological polar surface area (TPSA) is 122 Å². The highest BCUT2D eigenvalue weighted by Gasteiger charge is 2.33. The number of rotatable bonds is 2. The van der Waals surface area contributed by atoms with Gasteiger partial charge in [-0.25, -0.2) is 4.98 Å². The van der Waals surface area contributed by atoms with E-state index in [1.807, 2.05) is 48.5 Å². The van der Waals surface area contributed by atoms with Crippen molar-refractivity contribution in [3.05, 3.63) is 77.4 Å². The molecule has 0 saturated heterocycles. The highest BCUT2D eigenvalue weighted by molar-refractivity contribution is 7.99. The highest BCUT2D eigenvalue weighted by atomic mass is 32.2. The molecule has 5 aromatic rings. The molecule has 2 aromatic carbocycles. The molecule has 0 spiro atoms. The van der Waals surface area contributed by atoms with Crippen LogP contribution in [0.5, 0.6) is 0 Å². The first-order valence-electron chi connectivity index (χ1n) is 10.2. The van der Waals surface area contributed by atoms with Crippen molar-refractivity contribution in [2.24, 2.45) is 0 Å². The molecule has 3 aromatic heterocycles. The summed E-state index contributed by atoms with van der Waals surface area (Å²) in [7, 11) is 0. The Labute approximate surface area is 202 Å². The smallest absolute Gasteiger partial charge is 0.275 e. The maximum atomic E-state index is 14.1. The minimum absolute atomic E-state index is 0.0618. The van der Waals surface area contributed by atoms with E-state index in [2.05, 4.69) is 11.1 Å². The second-order valence-electron chi connectivity index (χ2n) is 7.54. The molecule has 1 aliphatic rings. The summed E-state index contributed by atoms with van der Waals surface area (Å²) in [5.41, 5.74) is 15.1. The molecule has 1 amide bonds. The number of nitriles is 1. The molecule has 0 atom stereocenters. The number of hydrogen-bond donors (Lipinski definition) is 2. The van der Waals surface area contributed by atoms with Gasteiger partial charge in [-0.2, -0.15) is 5.26 Å². The van der Waals surface area contributed by atoms with E-state index in [1.54, 1.807) is 28.8 Å². The van der Waals surface area contributed by atoms with E-state index in [4.69, 9.17) is 15.9 Å². The number of furan rings is 1. The second kappa shape index (κ2) is 7.66. The minimum Gasteiger partial charge on any atom is -0.464 e. The lowest BCUT2D eigenvalue weighted by atomic mass is 10.0. The molecule has 0 aliphatic carbocycles. The lowest BCUT2D eigenvalue weighted by Crippen LogP contribution is -2.28. The number of thiophene rings is 1. The summed E-state index contributed by atoms with van der Waals surface area (Å²) < 4.78 is 5.58. The molecule has 0 unspecified atom stereocenters. The van der Waals surface area contributed by atoms with Gasteiger partial charge >= 0.3 is 0 Å². The quantitative estimate of drug-likeness (QED) is 0.315. The van der Waals surface area contributed by atoms with Crippen LogP contribution in [-0.4, -0.2) is 10.9 Å². The van der Waals surface area contributed by atoms with Crippen LogP contribution in [0.4, 0.5) is 22.9 Å². The van der Waals surface area contributed by atoms with Crippen LogP contribution < -0.4 is 16.4 Å². The maximum absolute atomic E-state index is 14.1. The average Bonchev–Trinajstić information content (AvgIpc) is 3.49. The van der Waals surface area contributed by atoms with Crippen molar-refractivity contribution in [1.29, 1.82) is 5.26 Å². The summed E-state index contributed by atoms with van der Waals surface area (Å²) in [6.45, 7) is 0. The lowest BCUT2D eigenvalue weighted by molar-refractivity contribution is 0.100. The normalized spacial score (nSPS) is 12.3. The number of aromatic nitrogens is 1. The highest BCUT2D eigenvalue weighted by Crippen LogP contribution is 2.50. The predicted octanol–water partition coefficient (Wildman–Crippen LogP) is 6.04. The summed E-state index contributed by atoms with van der Waals surface area (Å²) in [5, 5.41) is 10.2. The van der Waals surface area contributed by atoms with Crippen LogP contribution in [0.3, 0.4) is 0 Å². The summed E-state index contributed by atoms with van der Waals surface area (Å²) in [6.07, 6.45) is 1.51. The first-order chi connectivity index (χ1) is 16.6. The third-order valence-electron chi connectivity index (χ3n) is 5.61. The number of nitrogens with zero attached hydrogens (tertiary/aromatic N) is 3.